The van der Waals surface area contributed by atoms with Gasteiger partial charge in [0.25, 0.3) is 5.91 Å². The van der Waals surface area contributed by atoms with Crippen molar-refractivity contribution in [3.05, 3.63) is 257 Å². The van der Waals surface area contributed by atoms with Gasteiger partial charge in [-0.15, -0.1) is 49.2 Å². The molecule has 2 atom stereocenters. The van der Waals surface area contributed by atoms with Crippen molar-refractivity contribution in [2.24, 2.45) is 16.8 Å². The summed E-state index contributed by atoms with van der Waals surface area (Å²) < 4.78 is 32.1. The Bertz CT molecular complexity index is 5910. The van der Waals surface area contributed by atoms with Gasteiger partial charge in [-0.05, 0) is 144 Å². The molecule has 12 heterocycles. The van der Waals surface area contributed by atoms with Crippen LogP contribution in [0.5, 0.6) is 17.8 Å². The van der Waals surface area contributed by atoms with E-state index in [9.17, 15) is 18.8 Å². The lowest BCUT2D eigenvalue weighted by Crippen LogP contribution is -2.37. The third kappa shape index (κ3) is 21.5. The number of piperidine rings is 1. The lowest BCUT2D eigenvalue weighted by Gasteiger charge is -2.31. The molecule has 4 aliphatic heterocycles. The number of halogens is 5. The number of hydrogen-bond donors (Lipinski definition) is 5. The number of nitrogen functional groups attached to an aromatic ring is 1. The number of methoxy groups -OCH3 is 3. The number of thiophene rings is 2. The Hall–Kier alpha value is -11.7. The summed E-state index contributed by atoms with van der Waals surface area (Å²) in [5.74, 6) is 7.38. The van der Waals surface area contributed by atoms with Crippen molar-refractivity contribution in [3.8, 4) is 61.4 Å². The van der Waals surface area contributed by atoms with Gasteiger partial charge in [0.15, 0.2) is 16.0 Å². The number of carbonyl (C=O) groups is 3. The van der Waals surface area contributed by atoms with E-state index in [1.54, 1.807) is 89.1 Å². The fourth-order valence-electron chi connectivity index (χ4n) is 13.8. The second-order valence-electron chi connectivity index (χ2n) is 27.8. The van der Waals surface area contributed by atoms with Crippen LogP contribution in [-0.2, 0) is 14.4 Å². The largest absolute Gasteiger partial charge is 0.495 e. The van der Waals surface area contributed by atoms with Crippen LogP contribution in [0.15, 0.2) is 215 Å². The molecule has 6 N–H and O–H groups in total. The Morgan fingerprint density at radius 2 is 1.32 bits per heavy atom. The number of carboxylic acids is 1. The van der Waals surface area contributed by atoms with Crippen LogP contribution in [0.25, 0.3) is 48.6 Å². The first-order chi connectivity index (χ1) is 58.8. The number of aromatic nitrogens is 13. The second kappa shape index (κ2) is 40.6. The Morgan fingerprint density at radius 3 is 1.98 bits per heavy atom. The van der Waals surface area contributed by atoms with Crippen LogP contribution in [0.1, 0.15) is 104 Å². The quantitative estimate of drug-likeness (QED) is 0.0341. The average Bonchev–Trinajstić information content (AvgIpc) is 1.68. The maximum absolute atomic E-state index is 13.0. The zero-order valence-corrected chi connectivity index (χ0v) is 71.8. The van der Waals surface area contributed by atoms with Crippen molar-refractivity contribution in [2.45, 2.75) is 82.2 Å². The molecule has 2 fully saturated rings. The minimum absolute atomic E-state index is 0.124. The molecule has 0 bridgehead atoms. The number of hydrogen-bond acceptors (Lipinski definition) is 27. The van der Waals surface area contributed by atoms with E-state index in [-0.39, 0.29) is 53.6 Å². The number of carbonyl (C=O) groups excluding carboxylic acids is 2. The highest BCUT2D eigenvalue weighted by Crippen LogP contribution is 2.42. The number of likely N-dealkylation sites (N-methyl/N-ethyl adjacent to an activating group) is 1. The Morgan fingerprint density at radius 1 is 0.653 bits per heavy atom. The zero-order valence-electron chi connectivity index (χ0n) is 65.5. The fourth-order valence-corrected chi connectivity index (χ4v) is 17.7. The van der Waals surface area contributed by atoms with E-state index in [4.69, 9.17) is 76.7 Å². The number of nitrogens with zero attached hydrogens (tertiary/aromatic N) is 16. The SMILES string of the molecule is CN1C(=O)CC2=C(N=C(c3ccccc3)C2)C1=O.COc1nc(Nc2cc(Cl)ccc2OC)nc(OC)n1.Clc1ccc(C2CC(c3cccs3)n3ncnc3N2)cc1Cl.NNc1nc(-c2ccccc2)cc(-c2ccc(F)cc2)n1.O=C(O)C1CCN(c2nc(-c3ccc(Cl)cc3)cs2)CC1.c1csc(-c2nn3c(C4CCCCC4)nnc3s2)c1. The maximum atomic E-state index is 13.0. The predicted octanol–water partition coefficient (Wildman–Crippen LogP) is 19.6. The lowest BCUT2D eigenvalue weighted by atomic mass is 9.89. The maximum Gasteiger partial charge on any atom is 0.324 e. The lowest BCUT2D eigenvalue weighted by molar-refractivity contribution is -0.143. The summed E-state index contributed by atoms with van der Waals surface area (Å²) in [7, 11) is 5.98. The van der Waals surface area contributed by atoms with Crippen LogP contribution < -0.4 is 41.0 Å². The van der Waals surface area contributed by atoms with E-state index in [1.165, 1.54) is 75.3 Å². The Labute approximate surface area is 731 Å². The molecule has 0 spiro atoms. The highest BCUT2D eigenvalue weighted by Gasteiger charge is 2.36. The van der Waals surface area contributed by atoms with Crippen molar-refractivity contribution in [2.75, 3.05) is 62.4 Å². The highest BCUT2D eigenvalue weighted by atomic mass is 35.5. The second-order valence-corrected chi connectivity index (χ2v) is 33.2. The van der Waals surface area contributed by atoms with Crippen molar-refractivity contribution >= 4 is 149 Å². The first-order valence-electron chi connectivity index (χ1n) is 38.2. The molecule has 620 valence electrons. The van der Waals surface area contributed by atoms with Crippen LogP contribution in [0.3, 0.4) is 0 Å². The number of aliphatic carboxylic acids is 1. The number of carboxylic acid groups (broad SMARTS) is 1. The third-order valence-corrected chi connectivity index (χ3v) is 25.1. The number of benzene rings is 6. The Kier molecular flexibility index (Phi) is 28.7. The summed E-state index contributed by atoms with van der Waals surface area (Å²) in [5.41, 5.74) is 12.5. The topological polar surface area (TPSA) is 331 Å². The van der Waals surface area contributed by atoms with Gasteiger partial charge in [0.1, 0.15) is 23.6 Å². The van der Waals surface area contributed by atoms with Gasteiger partial charge in [-0.2, -0.15) is 29.7 Å². The summed E-state index contributed by atoms with van der Waals surface area (Å²) in [6, 6.07) is 54.9. The average molecular weight is 1780 g/mol. The molecule has 5 aliphatic rings. The molecule has 1 saturated heterocycles. The number of imide groups is 1. The van der Waals surface area contributed by atoms with Crippen LogP contribution in [-0.4, -0.2) is 139 Å². The first-order valence-corrected chi connectivity index (χ1v) is 43.2. The summed E-state index contributed by atoms with van der Waals surface area (Å²) in [5, 5.41) is 43.8. The van der Waals surface area contributed by atoms with E-state index in [2.05, 4.69) is 111 Å². The number of anilines is 5. The zero-order chi connectivity index (χ0) is 84.5. The van der Waals surface area contributed by atoms with Gasteiger partial charge in [-0.3, -0.25) is 24.7 Å². The van der Waals surface area contributed by atoms with Gasteiger partial charge in [-0.25, -0.2) is 34.9 Å². The minimum Gasteiger partial charge on any atom is -0.495 e. The van der Waals surface area contributed by atoms with Crippen molar-refractivity contribution < 1.29 is 38.1 Å². The molecule has 2 unspecified atom stereocenters. The third-order valence-electron chi connectivity index (χ3n) is 20.1. The molecule has 36 heteroatoms. The van der Waals surface area contributed by atoms with Gasteiger partial charge >= 0.3 is 18.0 Å². The highest BCUT2D eigenvalue weighted by molar-refractivity contribution is 7.23. The van der Waals surface area contributed by atoms with Gasteiger partial charge in [0.2, 0.25) is 28.7 Å². The summed E-state index contributed by atoms with van der Waals surface area (Å²) >= 11 is 30.7. The van der Waals surface area contributed by atoms with Gasteiger partial charge in [0.05, 0.1) is 89.2 Å². The molecular weight excluding hydrogens is 1700 g/mol. The fraction of sp³-hybridized carbons (Fsp3) is 0.235. The molecule has 1 saturated carbocycles. The number of rotatable bonds is 16. The minimum atomic E-state index is -0.685. The summed E-state index contributed by atoms with van der Waals surface area (Å²) in [6.45, 7) is 1.51. The van der Waals surface area contributed by atoms with E-state index in [0.717, 1.165) is 102 Å². The van der Waals surface area contributed by atoms with E-state index < -0.39 is 5.97 Å². The molecule has 8 aromatic heterocycles. The summed E-state index contributed by atoms with van der Waals surface area (Å²) in [6.07, 6.45) is 11.2. The number of amides is 2. The number of thiazole rings is 1. The van der Waals surface area contributed by atoms with Crippen molar-refractivity contribution in [1.29, 1.82) is 0 Å². The van der Waals surface area contributed by atoms with Crippen LogP contribution in [0.2, 0.25) is 20.1 Å². The smallest absolute Gasteiger partial charge is 0.324 e. The first kappa shape index (κ1) is 85.7. The molecular formula is C85H79Cl4FN20O7S4. The van der Waals surface area contributed by atoms with Gasteiger partial charge in [-0.1, -0.05) is 168 Å². The molecule has 14 aromatic rings. The molecule has 6 aromatic carbocycles. The standard InChI is InChI=1S/C16H13FN4.C15H12Cl2N4S.C15H15ClN2O2S.C14H12N2O2.C13H14N4S2.C12H13ClN4O3/c17-13-8-6-12(7-9-13)15-10-14(19-16(20-15)21-18)11-4-2-1-3-5-11;16-10-4-3-9(6-11(10)17)12-7-13(14-2-1-5-22-14)21-15(20-12)18-8-19-21;16-12-3-1-10(2-4-12)13-9-21-15(17-13)18-7-5-11(6-8-18)14(19)20;1-16-12(17)8-10-7-11(15-13(10)14(16)18)9-5-3-2-4-6-9;1-2-5-9(6-3-1)11-14-15-13-17(11)16-12(19-13)10-7-4-8-18-10;1-18-9-5-4-7(13)6-8(9)14-10-15-11(19-2)17-12(16-10)20-3/h1-10H,18H2,(H,19,20,21);1-6,8,12-13H,7H2,(H,18,19,20);1-4,9,11H,5-8H2,(H,19,20);2-6H,7-8H2,1H3;4,7-9H,1-3,5-6H2;4-6H,1-3H3,(H,14,15,16,17). The number of fused-ring (bicyclic) bond motifs is 2. The van der Waals surface area contributed by atoms with Crippen LogP contribution in [0.4, 0.5) is 33.1 Å². The van der Waals surface area contributed by atoms with E-state index in [0.29, 0.717) is 80.5 Å². The van der Waals surface area contributed by atoms with Gasteiger partial charge in [0, 0.05) is 69.5 Å². The Balaban J connectivity index is 0.000000119. The van der Waals surface area contributed by atoms with Crippen molar-refractivity contribution in [3.63, 3.8) is 0 Å². The molecule has 121 heavy (non-hydrogen) atoms. The van der Waals surface area contributed by atoms with Crippen LogP contribution >= 0.6 is 91.8 Å². The molecule has 0 radical (unpaired) electrons. The summed E-state index contributed by atoms with van der Waals surface area (Å²) in [4.78, 5) is 75.3. The van der Waals surface area contributed by atoms with Gasteiger partial charge < -0.3 is 34.9 Å². The van der Waals surface area contributed by atoms with Crippen molar-refractivity contribution in [1.82, 2.24) is 69.4 Å². The number of ether oxygens (including phenoxy) is 3. The molecule has 27 nitrogen and oxygen atoms in total. The number of nitrogens with two attached hydrogens (primary N) is 1. The van der Waals surface area contributed by atoms with Crippen LogP contribution in [0, 0.1) is 11.7 Å². The molecule has 2 amide bonds. The normalized spacial score (nSPS) is 15.5. The number of hydrazine groups is 1. The van der Waals surface area contributed by atoms with E-state index in [1.807, 2.05) is 124 Å². The molecule has 1 aliphatic carbocycles. The predicted molar refractivity (Wildman–Crippen MR) is 475 cm³/mol. The number of nitrogens with one attached hydrogen (secondary N) is 3. The molecule has 19 rings (SSSR count). The number of aliphatic imine (C=N–C) groups is 1. The van der Waals surface area contributed by atoms with E-state index >= 15 is 0 Å². The monoisotopic (exact) mass is 1780 g/mol.